The molecule has 0 heterocycles. The van der Waals surface area contributed by atoms with Crippen LogP contribution in [0.1, 0.15) is 39.0 Å². The number of carbonyl (C=O) groups is 1. The summed E-state index contributed by atoms with van der Waals surface area (Å²) >= 11 is 0. The number of hydrogen-bond acceptors (Lipinski definition) is 2. The van der Waals surface area contributed by atoms with E-state index < -0.39 is 0 Å². The third-order valence-corrected chi connectivity index (χ3v) is 4.63. The summed E-state index contributed by atoms with van der Waals surface area (Å²) < 4.78 is 5.46. The van der Waals surface area contributed by atoms with Gasteiger partial charge in [0, 0.05) is 6.92 Å². The lowest BCUT2D eigenvalue weighted by Gasteiger charge is -2.33. The van der Waals surface area contributed by atoms with E-state index in [2.05, 4.69) is 0 Å². The van der Waals surface area contributed by atoms with Gasteiger partial charge in [-0.3, -0.25) is 4.79 Å². The fourth-order valence-corrected chi connectivity index (χ4v) is 4.26. The molecule has 2 heteroatoms. The Kier molecular flexibility index (Phi) is 1.86. The third kappa shape index (κ3) is 1.19. The molecule has 0 aliphatic heterocycles. The predicted molar refractivity (Wildman–Crippen MR) is 52.6 cm³/mol. The average Bonchev–Trinajstić information content (AvgIpc) is 2.56. The van der Waals surface area contributed by atoms with Gasteiger partial charge in [0.05, 0.1) is 0 Å². The normalized spacial score (nSPS) is 49.4. The van der Waals surface area contributed by atoms with E-state index in [0.29, 0.717) is 5.92 Å². The largest absolute Gasteiger partial charge is 0.462 e. The molecule has 3 rings (SSSR count). The standard InChI is InChI=1S/C12H18O2/c1-7(13)14-12-6-8-4-9-2-3-10(12)11(9)5-8/h8-12H,2-6H2,1H3. The van der Waals surface area contributed by atoms with Gasteiger partial charge in [0.1, 0.15) is 6.10 Å². The van der Waals surface area contributed by atoms with E-state index in [4.69, 9.17) is 4.74 Å². The van der Waals surface area contributed by atoms with Crippen molar-refractivity contribution in [2.75, 3.05) is 0 Å². The molecular formula is C12H18O2. The molecule has 0 radical (unpaired) electrons. The minimum Gasteiger partial charge on any atom is -0.462 e. The first-order valence-electron chi connectivity index (χ1n) is 5.91. The topological polar surface area (TPSA) is 26.3 Å². The smallest absolute Gasteiger partial charge is 0.302 e. The Bertz CT molecular complexity index is 259. The summed E-state index contributed by atoms with van der Waals surface area (Å²) in [6.45, 7) is 1.54. The van der Waals surface area contributed by atoms with E-state index in [-0.39, 0.29) is 12.1 Å². The van der Waals surface area contributed by atoms with E-state index >= 15 is 0 Å². The first-order chi connectivity index (χ1) is 6.74. The minimum atomic E-state index is -0.0836. The van der Waals surface area contributed by atoms with Gasteiger partial charge in [0.2, 0.25) is 0 Å². The second-order valence-corrected chi connectivity index (χ2v) is 5.39. The highest BCUT2D eigenvalue weighted by Crippen LogP contribution is 2.57. The van der Waals surface area contributed by atoms with E-state index in [1.165, 1.54) is 25.7 Å². The Morgan fingerprint density at radius 3 is 2.79 bits per heavy atom. The molecule has 5 unspecified atom stereocenters. The Morgan fingerprint density at radius 2 is 2.00 bits per heavy atom. The van der Waals surface area contributed by atoms with Crippen molar-refractivity contribution >= 4 is 5.97 Å². The van der Waals surface area contributed by atoms with E-state index in [9.17, 15) is 4.79 Å². The zero-order valence-corrected chi connectivity index (χ0v) is 8.74. The molecular weight excluding hydrogens is 176 g/mol. The maximum Gasteiger partial charge on any atom is 0.302 e. The fraction of sp³-hybridized carbons (Fsp3) is 0.917. The fourth-order valence-electron chi connectivity index (χ4n) is 4.26. The van der Waals surface area contributed by atoms with Gasteiger partial charge in [-0.1, -0.05) is 0 Å². The molecule has 3 saturated carbocycles. The molecule has 0 amide bonds. The maximum atomic E-state index is 11.0. The predicted octanol–water partition coefficient (Wildman–Crippen LogP) is 2.37. The van der Waals surface area contributed by atoms with Crippen molar-refractivity contribution in [3.05, 3.63) is 0 Å². The van der Waals surface area contributed by atoms with Crippen LogP contribution in [0, 0.1) is 23.7 Å². The number of fused-ring (bicyclic) bond motifs is 1. The van der Waals surface area contributed by atoms with Crippen LogP contribution in [0.15, 0.2) is 0 Å². The molecule has 0 aromatic heterocycles. The highest BCUT2D eigenvalue weighted by atomic mass is 16.5. The summed E-state index contributed by atoms with van der Waals surface area (Å²) in [5.74, 6) is 3.37. The van der Waals surface area contributed by atoms with Crippen LogP contribution in [0.25, 0.3) is 0 Å². The molecule has 78 valence electrons. The highest BCUT2D eigenvalue weighted by Gasteiger charge is 2.51. The maximum absolute atomic E-state index is 11.0. The van der Waals surface area contributed by atoms with Crippen molar-refractivity contribution in [1.29, 1.82) is 0 Å². The SMILES string of the molecule is CC(=O)OC1CC2CC3CCC1C3C2. The van der Waals surface area contributed by atoms with Crippen LogP contribution in [-0.4, -0.2) is 12.1 Å². The number of hydrogen-bond donors (Lipinski definition) is 0. The lowest BCUT2D eigenvalue weighted by molar-refractivity contribution is -0.152. The van der Waals surface area contributed by atoms with Gasteiger partial charge >= 0.3 is 5.97 Å². The van der Waals surface area contributed by atoms with Gasteiger partial charge in [-0.2, -0.15) is 0 Å². The monoisotopic (exact) mass is 194 g/mol. The lowest BCUT2D eigenvalue weighted by atomic mass is 9.78. The van der Waals surface area contributed by atoms with Crippen molar-refractivity contribution < 1.29 is 9.53 Å². The summed E-state index contributed by atoms with van der Waals surface area (Å²) in [5.41, 5.74) is 0. The Labute approximate surface area is 85.0 Å². The summed E-state index contributed by atoms with van der Waals surface area (Å²) in [6, 6.07) is 0. The van der Waals surface area contributed by atoms with Crippen molar-refractivity contribution in [3.8, 4) is 0 Å². The van der Waals surface area contributed by atoms with Gasteiger partial charge in [-0.05, 0) is 55.8 Å². The number of esters is 1. The van der Waals surface area contributed by atoms with Crippen LogP contribution in [0.3, 0.4) is 0 Å². The van der Waals surface area contributed by atoms with Crippen LogP contribution >= 0.6 is 0 Å². The Morgan fingerprint density at radius 1 is 1.14 bits per heavy atom. The molecule has 0 aromatic rings. The summed E-state index contributed by atoms with van der Waals surface area (Å²) in [5, 5.41) is 0. The second-order valence-electron chi connectivity index (χ2n) is 5.39. The van der Waals surface area contributed by atoms with Crippen molar-refractivity contribution in [3.63, 3.8) is 0 Å². The molecule has 14 heavy (non-hydrogen) atoms. The summed E-state index contributed by atoms with van der Waals surface area (Å²) in [7, 11) is 0. The van der Waals surface area contributed by atoms with Gasteiger partial charge < -0.3 is 4.74 Å². The molecule has 3 aliphatic carbocycles. The lowest BCUT2D eigenvalue weighted by Crippen LogP contribution is -2.33. The summed E-state index contributed by atoms with van der Waals surface area (Å²) in [4.78, 5) is 11.0. The molecule has 0 N–H and O–H groups in total. The molecule has 5 atom stereocenters. The van der Waals surface area contributed by atoms with E-state index in [0.717, 1.165) is 24.2 Å². The molecule has 2 nitrogen and oxygen atoms in total. The highest BCUT2D eigenvalue weighted by molar-refractivity contribution is 5.66. The molecule has 3 aliphatic rings. The van der Waals surface area contributed by atoms with Crippen molar-refractivity contribution in [2.24, 2.45) is 23.7 Å². The molecule has 2 bridgehead atoms. The average molecular weight is 194 g/mol. The Balaban J connectivity index is 1.78. The molecule has 3 fully saturated rings. The molecule has 0 aromatic carbocycles. The van der Waals surface area contributed by atoms with Crippen LogP contribution in [0.2, 0.25) is 0 Å². The van der Waals surface area contributed by atoms with E-state index in [1.807, 2.05) is 0 Å². The zero-order chi connectivity index (χ0) is 9.71. The number of rotatable bonds is 1. The van der Waals surface area contributed by atoms with Gasteiger partial charge in [-0.25, -0.2) is 0 Å². The van der Waals surface area contributed by atoms with Gasteiger partial charge in [0.25, 0.3) is 0 Å². The Hall–Kier alpha value is -0.530. The van der Waals surface area contributed by atoms with Crippen LogP contribution in [-0.2, 0) is 9.53 Å². The zero-order valence-electron chi connectivity index (χ0n) is 8.74. The third-order valence-electron chi connectivity index (χ3n) is 4.63. The second kappa shape index (κ2) is 2.98. The summed E-state index contributed by atoms with van der Waals surface area (Å²) in [6.07, 6.45) is 6.95. The minimum absolute atomic E-state index is 0.0836. The quantitative estimate of drug-likeness (QED) is 0.599. The van der Waals surface area contributed by atoms with Crippen molar-refractivity contribution in [1.82, 2.24) is 0 Å². The van der Waals surface area contributed by atoms with E-state index in [1.54, 1.807) is 6.92 Å². The van der Waals surface area contributed by atoms with Crippen LogP contribution in [0.5, 0.6) is 0 Å². The first-order valence-corrected chi connectivity index (χ1v) is 5.91. The molecule has 0 spiro atoms. The first kappa shape index (κ1) is 8.75. The molecule has 0 saturated heterocycles. The number of ether oxygens (including phenoxy) is 1. The van der Waals surface area contributed by atoms with Crippen LogP contribution in [0.4, 0.5) is 0 Å². The van der Waals surface area contributed by atoms with Gasteiger partial charge in [0.15, 0.2) is 0 Å². The van der Waals surface area contributed by atoms with Crippen molar-refractivity contribution in [2.45, 2.75) is 45.1 Å². The number of carbonyl (C=O) groups excluding carboxylic acids is 1. The van der Waals surface area contributed by atoms with Crippen LogP contribution < -0.4 is 0 Å². The van der Waals surface area contributed by atoms with Gasteiger partial charge in [-0.15, -0.1) is 0 Å².